The van der Waals surface area contributed by atoms with Gasteiger partial charge in [-0.2, -0.15) is 4.68 Å². The molecule has 2 aromatic carbocycles. The molecule has 1 aromatic heterocycles. The predicted molar refractivity (Wildman–Crippen MR) is 106 cm³/mol. The molecule has 31 heavy (non-hydrogen) atoms. The van der Waals surface area contributed by atoms with Crippen molar-refractivity contribution in [2.75, 3.05) is 5.32 Å². The molecule has 0 saturated heterocycles. The number of benzene rings is 2. The number of amides is 1. The van der Waals surface area contributed by atoms with Gasteiger partial charge in [-0.1, -0.05) is 11.8 Å². The number of hydrogen-bond donors (Lipinski definition) is 1. The third-order valence-corrected chi connectivity index (χ3v) is 5.00. The summed E-state index contributed by atoms with van der Waals surface area (Å²) in [4.78, 5) is 23.8. The summed E-state index contributed by atoms with van der Waals surface area (Å²) < 4.78 is 42.0. The molecule has 3 aromatic rings. The summed E-state index contributed by atoms with van der Waals surface area (Å²) in [5.41, 5.74) is 1.46. The van der Waals surface area contributed by atoms with Crippen molar-refractivity contribution in [1.82, 2.24) is 20.2 Å². The van der Waals surface area contributed by atoms with Crippen LogP contribution in [0.4, 0.5) is 18.9 Å². The number of alkyl halides is 3. The largest absolute Gasteiger partial charge is 0.573 e. The van der Waals surface area contributed by atoms with Crippen LogP contribution < -0.4 is 10.1 Å². The van der Waals surface area contributed by atoms with Gasteiger partial charge in [-0.25, -0.2) is 0 Å². The number of nitrogens with zero attached hydrogens (tertiary/aromatic N) is 4. The van der Waals surface area contributed by atoms with Crippen LogP contribution in [0.25, 0.3) is 5.69 Å². The maximum atomic E-state index is 12.5. The van der Waals surface area contributed by atoms with Crippen molar-refractivity contribution in [2.45, 2.75) is 30.6 Å². The highest BCUT2D eigenvalue weighted by atomic mass is 32.2. The monoisotopic (exact) mass is 451 g/mol. The Balaban J connectivity index is 1.66. The fourth-order valence-corrected chi connectivity index (χ4v) is 3.25. The van der Waals surface area contributed by atoms with E-state index in [0.717, 1.165) is 23.9 Å². The Hall–Kier alpha value is -3.41. The van der Waals surface area contributed by atoms with Crippen molar-refractivity contribution in [1.29, 1.82) is 0 Å². The van der Waals surface area contributed by atoms with Gasteiger partial charge < -0.3 is 10.1 Å². The number of carbonyl (C=O) groups is 2. The third-order valence-electron chi connectivity index (χ3n) is 3.97. The highest BCUT2D eigenvalue weighted by Crippen LogP contribution is 2.27. The molecule has 0 aliphatic heterocycles. The van der Waals surface area contributed by atoms with Crippen LogP contribution in [0.5, 0.6) is 5.75 Å². The maximum Gasteiger partial charge on any atom is 0.573 e. The lowest BCUT2D eigenvalue weighted by Crippen LogP contribution is -2.23. The Morgan fingerprint density at radius 3 is 2.32 bits per heavy atom. The van der Waals surface area contributed by atoms with Gasteiger partial charge in [0.15, 0.2) is 5.78 Å². The average molecular weight is 451 g/mol. The van der Waals surface area contributed by atoms with Gasteiger partial charge in [-0.15, -0.1) is 18.3 Å². The van der Waals surface area contributed by atoms with Crippen LogP contribution in [0.2, 0.25) is 0 Å². The molecule has 0 spiro atoms. The van der Waals surface area contributed by atoms with Crippen molar-refractivity contribution in [3.63, 3.8) is 0 Å². The van der Waals surface area contributed by atoms with E-state index in [1.807, 2.05) is 0 Å². The molecule has 1 amide bonds. The van der Waals surface area contributed by atoms with Gasteiger partial charge in [-0.3, -0.25) is 9.59 Å². The lowest BCUT2D eigenvalue weighted by molar-refractivity contribution is -0.274. The molecule has 3 rings (SSSR count). The molecule has 1 N–H and O–H groups in total. The standard InChI is InChI=1S/C19H16F3N5O3S/c1-11(28)13-3-5-14(6-4-13)23-17(29)12(2)31-18-24-25-26-27(18)15-7-9-16(10-8-15)30-19(20,21)22/h3-10,12H,1-2H3,(H,23,29). The van der Waals surface area contributed by atoms with E-state index in [1.165, 1.54) is 23.7 Å². The normalized spacial score (nSPS) is 12.3. The zero-order chi connectivity index (χ0) is 22.6. The molecule has 0 bridgehead atoms. The van der Waals surface area contributed by atoms with Crippen molar-refractivity contribution < 1.29 is 27.5 Å². The Morgan fingerprint density at radius 2 is 1.74 bits per heavy atom. The minimum atomic E-state index is -4.79. The summed E-state index contributed by atoms with van der Waals surface area (Å²) in [5.74, 6) is -0.766. The van der Waals surface area contributed by atoms with E-state index in [9.17, 15) is 22.8 Å². The Labute approximate surface area is 178 Å². The topological polar surface area (TPSA) is 99.0 Å². The van der Waals surface area contributed by atoms with Crippen LogP contribution in [0, 0.1) is 0 Å². The predicted octanol–water partition coefficient (Wildman–Crippen LogP) is 3.88. The quantitative estimate of drug-likeness (QED) is 0.430. The lowest BCUT2D eigenvalue weighted by Gasteiger charge is -2.12. The van der Waals surface area contributed by atoms with Crippen LogP contribution in [0.3, 0.4) is 0 Å². The summed E-state index contributed by atoms with van der Waals surface area (Å²) in [5, 5.41) is 13.7. The molecule has 12 heteroatoms. The van der Waals surface area contributed by atoms with Crippen molar-refractivity contribution in [3.05, 3.63) is 54.1 Å². The molecule has 0 aliphatic carbocycles. The lowest BCUT2D eigenvalue weighted by atomic mass is 10.1. The second-order valence-corrected chi connectivity index (χ2v) is 7.61. The summed E-state index contributed by atoms with van der Waals surface area (Å²) in [6, 6.07) is 11.5. The van der Waals surface area contributed by atoms with E-state index in [-0.39, 0.29) is 22.6 Å². The number of nitrogens with one attached hydrogen (secondary N) is 1. The van der Waals surface area contributed by atoms with Crippen LogP contribution in [-0.4, -0.2) is 43.5 Å². The van der Waals surface area contributed by atoms with Crippen LogP contribution in [-0.2, 0) is 4.79 Å². The molecular weight excluding hydrogens is 435 g/mol. The van der Waals surface area contributed by atoms with E-state index >= 15 is 0 Å². The molecule has 8 nitrogen and oxygen atoms in total. The molecule has 1 unspecified atom stereocenters. The van der Waals surface area contributed by atoms with Crippen LogP contribution in [0.15, 0.2) is 53.7 Å². The van der Waals surface area contributed by atoms with Crippen molar-refractivity contribution >= 4 is 29.1 Å². The zero-order valence-electron chi connectivity index (χ0n) is 16.3. The van der Waals surface area contributed by atoms with Gasteiger partial charge in [0.2, 0.25) is 11.1 Å². The molecule has 0 saturated carbocycles. The number of aromatic nitrogens is 4. The minimum Gasteiger partial charge on any atom is -0.406 e. The zero-order valence-corrected chi connectivity index (χ0v) is 17.1. The third kappa shape index (κ3) is 6.04. The van der Waals surface area contributed by atoms with Gasteiger partial charge in [-0.05, 0) is 72.8 Å². The number of ketones is 1. The van der Waals surface area contributed by atoms with Crippen molar-refractivity contribution in [2.24, 2.45) is 0 Å². The summed E-state index contributed by atoms with van der Waals surface area (Å²) in [7, 11) is 0. The molecule has 1 heterocycles. The second kappa shape index (κ2) is 9.16. The number of hydrogen-bond acceptors (Lipinski definition) is 7. The van der Waals surface area contributed by atoms with Gasteiger partial charge in [0.25, 0.3) is 0 Å². The Kier molecular flexibility index (Phi) is 6.59. The van der Waals surface area contributed by atoms with Crippen LogP contribution in [0.1, 0.15) is 24.2 Å². The van der Waals surface area contributed by atoms with Gasteiger partial charge in [0, 0.05) is 11.3 Å². The smallest absolute Gasteiger partial charge is 0.406 e. The van der Waals surface area contributed by atoms with Gasteiger partial charge >= 0.3 is 6.36 Å². The van der Waals surface area contributed by atoms with E-state index in [4.69, 9.17) is 0 Å². The van der Waals surface area contributed by atoms with Gasteiger partial charge in [0.1, 0.15) is 5.75 Å². The second-order valence-electron chi connectivity index (χ2n) is 6.30. The molecule has 0 fully saturated rings. The first-order chi connectivity index (χ1) is 14.6. The number of ether oxygens (including phenoxy) is 1. The number of Topliss-reactive ketones (excluding diaryl/α,β-unsaturated/α-hetero) is 1. The van der Waals surface area contributed by atoms with E-state index < -0.39 is 11.6 Å². The van der Waals surface area contributed by atoms with E-state index in [2.05, 4.69) is 25.6 Å². The highest BCUT2D eigenvalue weighted by molar-refractivity contribution is 8.00. The number of thioether (sulfide) groups is 1. The first kappa shape index (κ1) is 22.3. The van der Waals surface area contributed by atoms with E-state index in [1.54, 1.807) is 31.2 Å². The molecule has 0 radical (unpaired) electrons. The van der Waals surface area contributed by atoms with E-state index in [0.29, 0.717) is 16.9 Å². The fourth-order valence-electron chi connectivity index (χ4n) is 2.45. The number of carbonyl (C=O) groups excluding carboxylic acids is 2. The average Bonchev–Trinajstić information content (AvgIpc) is 3.15. The SMILES string of the molecule is CC(=O)c1ccc(NC(=O)C(C)Sc2nnnn2-c2ccc(OC(F)(F)F)cc2)cc1. The first-order valence-electron chi connectivity index (χ1n) is 8.85. The molecule has 1 atom stereocenters. The molecule has 162 valence electrons. The number of anilines is 1. The fraction of sp³-hybridized carbons (Fsp3) is 0.211. The summed E-state index contributed by atoms with van der Waals surface area (Å²) in [6.07, 6.45) is -4.79. The Bertz CT molecular complexity index is 1070. The number of tetrazole rings is 1. The van der Waals surface area contributed by atoms with Gasteiger partial charge in [0.05, 0.1) is 10.9 Å². The highest BCUT2D eigenvalue weighted by Gasteiger charge is 2.31. The maximum absolute atomic E-state index is 12.5. The number of halogens is 3. The summed E-state index contributed by atoms with van der Waals surface area (Å²) >= 11 is 1.07. The first-order valence-corrected chi connectivity index (χ1v) is 9.73. The molecule has 0 aliphatic rings. The van der Waals surface area contributed by atoms with Crippen molar-refractivity contribution in [3.8, 4) is 11.4 Å². The minimum absolute atomic E-state index is 0.0772. The number of rotatable bonds is 7. The van der Waals surface area contributed by atoms with Crippen LogP contribution >= 0.6 is 11.8 Å². The summed E-state index contributed by atoms with van der Waals surface area (Å²) in [6.45, 7) is 3.11. The Morgan fingerprint density at radius 1 is 1.10 bits per heavy atom. The molecular formula is C19H16F3N5O3S.